The number of nitrogens with two attached hydrogens (primary N) is 2. The number of benzene rings is 3. The summed E-state index contributed by atoms with van der Waals surface area (Å²) in [4.78, 5) is 31.2. The topological polar surface area (TPSA) is 135 Å². The van der Waals surface area contributed by atoms with Crippen molar-refractivity contribution in [1.29, 1.82) is 0 Å². The van der Waals surface area contributed by atoms with Crippen LogP contribution in [0.2, 0.25) is 5.02 Å². The number of nitrogen functional groups attached to an aromatic ring is 1. The van der Waals surface area contributed by atoms with Crippen LogP contribution in [-0.4, -0.2) is 46.0 Å². The third kappa shape index (κ3) is 5.47. The van der Waals surface area contributed by atoms with Crippen molar-refractivity contribution in [2.45, 2.75) is 26.0 Å². The van der Waals surface area contributed by atoms with Gasteiger partial charge in [-0.1, -0.05) is 55.8 Å². The van der Waals surface area contributed by atoms with Crippen molar-refractivity contribution in [3.63, 3.8) is 0 Å². The van der Waals surface area contributed by atoms with E-state index >= 15 is 0 Å². The first-order valence-electron chi connectivity index (χ1n) is 12.3. The van der Waals surface area contributed by atoms with Crippen molar-refractivity contribution in [1.82, 2.24) is 9.88 Å². The molecule has 0 radical (unpaired) electrons. The summed E-state index contributed by atoms with van der Waals surface area (Å²) in [5.41, 5.74) is 14.3. The molecule has 4 rings (SSSR count). The first-order chi connectivity index (χ1) is 18.2. The number of aliphatic hydroxyl groups is 1. The van der Waals surface area contributed by atoms with Gasteiger partial charge in [-0.2, -0.15) is 0 Å². The molecule has 38 heavy (non-hydrogen) atoms. The van der Waals surface area contributed by atoms with Gasteiger partial charge in [0.05, 0.1) is 6.04 Å². The van der Waals surface area contributed by atoms with Crippen LogP contribution in [0.25, 0.3) is 21.9 Å². The highest BCUT2D eigenvalue weighted by molar-refractivity contribution is 6.31. The van der Waals surface area contributed by atoms with Gasteiger partial charge in [-0.25, -0.2) is 4.98 Å². The fourth-order valence-corrected chi connectivity index (χ4v) is 5.00. The highest BCUT2D eigenvalue weighted by Crippen LogP contribution is 2.35. The number of aromatic nitrogens is 1. The molecule has 8 nitrogen and oxygen atoms in total. The standard InChI is InChI=1S/C29H30ClN5O3/c1-3-35(4-2)25(23-11-9-17(16-24(23)30)20-7-5-6-8-22(20)28(32)37)26(36)29(38)34-19-10-12-21-18(15-19)13-14-33-27(21)31/h5-16,25-26,36H,3-4H2,1-2H3,(H2,31,33)(H2,32,37)(H,34,38). The van der Waals surface area contributed by atoms with Crippen LogP contribution in [0.15, 0.2) is 72.9 Å². The maximum absolute atomic E-state index is 13.3. The van der Waals surface area contributed by atoms with Gasteiger partial charge < -0.3 is 21.9 Å². The predicted molar refractivity (Wildman–Crippen MR) is 152 cm³/mol. The molecule has 0 aliphatic heterocycles. The Labute approximate surface area is 226 Å². The lowest BCUT2D eigenvalue weighted by atomic mass is 9.94. The Hall–Kier alpha value is -3.98. The number of rotatable bonds is 9. The van der Waals surface area contributed by atoms with E-state index in [0.717, 1.165) is 10.8 Å². The zero-order valence-corrected chi connectivity index (χ0v) is 21.9. The third-order valence-electron chi connectivity index (χ3n) is 6.66. The molecular formula is C29H30ClN5O3. The van der Waals surface area contributed by atoms with E-state index < -0.39 is 24.0 Å². The molecule has 0 saturated heterocycles. The number of pyridine rings is 1. The van der Waals surface area contributed by atoms with Gasteiger partial charge in [0, 0.05) is 27.9 Å². The van der Waals surface area contributed by atoms with E-state index in [9.17, 15) is 14.7 Å². The van der Waals surface area contributed by atoms with Gasteiger partial charge in [0.1, 0.15) is 5.82 Å². The van der Waals surface area contributed by atoms with Crippen molar-refractivity contribution in [3.8, 4) is 11.1 Å². The Morgan fingerprint density at radius 1 is 1.05 bits per heavy atom. The number of anilines is 2. The van der Waals surface area contributed by atoms with Crippen LogP contribution >= 0.6 is 11.6 Å². The fraction of sp³-hybridized carbons (Fsp3) is 0.207. The van der Waals surface area contributed by atoms with Crippen molar-refractivity contribution >= 4 is 45.7 Å². The number of fused-ring (bicyclic) bond motifs is 1. The maximum atomic E-state index is 13.3. The summed E-state index contributed by atoms with van der Waals surface area (Å²) in [6, 6.07) is 18.7. The molecule has 3 aromatic carbocycles. The molecule has 2 unspecified atom stereocenters. The van der Waals surface area contributed by atoms with Gasteiger partial charge in [-0.3, -0.25) is 14.5 Å². The summed E-state index contributed by atoms with van der Waals surface area (Å²) in [7, 11) is 0. The van der Waals surface area contributed by atoms with Gasteiger partial charge in [0.2, 0.25) is 5.91 Å². The molecule has 196 valence electrons. The van der Waals surface area contributed by atoms with E-state index in [2.05, 4.69) is 10.3 Å². The van der Waals surface area contributed by atoms with Crippen LogP contribution in [-0.2, 0) is 4.79 Å². The number of likely N-dealkylation sites (N-methyl/N-ethyl adjacent to an activating group) is 1. The third-order valence-corrected chi connectivity index (χ3v) is 6.99. The van der Waals surface area contributed by atoms with Gasteiger partial charge in [-0.05, 0) is 71.6 Å². The number of halogens is 1. The minimum atomic E-state index is -1.42. The van der Waals surface area contributed by atoms with Crippen LogP contribution < -0.4 is 16.8 Å². The van der Waals surface area contributed by atoms with E-state index in [1.165, 1.54) is 0 Å². The predicted octanol–water partition coefficient (Wildman–Crippen LogP) is 4.62. The minimum absolute atomic E-state index is 0.360. The molecule has 0 fully saturated rings. The van der Waals surface area contributed by atoms with Gasteiger partial charge >= 0.3 is 0 Å². The Bertz CT molecular complexity index is 1490. The highest BCUT2D eigenvalue weighted by atomic mass is 35.5. The molecule has 1 aromatic heterocycles. The van der Waals surface area contributed by atoms with Gasteiger partial charge in [0.25, 0.3) is 5.91 Å². The molecule has 9 heteroatoms. The second-order valence-corrected chi connectivity index (χ2v) is 9.29. The SMILES string of the molecule is CCN(CC)C(c1ccc(-c2ccccc2C(N)=O)cc1Cl)C(O)C(=O)Nc1ccc2c(N)nccc2c1. The lowest BCUT2D eigenvalue weighted by Crippen LogP contribution is -2.43. The van der Waals surface area contributed by atoms with Crippen molar-refractivity contribution in [3.05, 3.63) is 89.1 Å². The molecule has 2 atom stereocenters. The summed E-state index contributed by atoms with van der Waals surface area (Å²) in [6.45, 7) is 5.06. The summed E-state index contributed by atoms with van der Waals surface area (Å²) < 4.78 is 0. The fourth-order valence-electron chi connectivity index (χ4n) is 4.71. The lowest BCUT2D eigenvalue weighted by Gasteiger charge is -2.33. The molecule has 0 aliphatic rings. The molecule has 0 spiro atoms. The number of primary amides is 1. The summed E-state index contributed by atoms with van der Waals surface area (Å²) >= 11 is 6.75. The minimum Gasteiger partial charge on any atom is -0.383 e. The second-order valence-electron chi connectivity index (χ2n) is 8.88. The average Bonchev–Trinajstić information content (AvgIpc) is 2.91. The number of hydrogen-bond donors (Lipinski definition) is 4. The van der Waals surface area contributed by atoms with Crippen LogP contribution in [0, 0.1) is 0 Å². The van der Waals surface area contributed by atoms with Crippen LogP contribution in [0.3, 0.4) is 0 Å². The van der Waals surface area contributed by atoms with Crippen molar-refractivity contribution in [2.75, 3.05) is 24.1 Å². The van der Waals surface area contributed by atoms with Crippen molar-refractivity contribution < 1.29 is 14.7 Å². The normalized spacial score (nSPS) is 12.9. The number of amides is 2. The van der Waals surface area contributed by atoms with Crippen LogP contribution in [0.1, 0.15) is 35.8 Å². The van der Waals surface area contributed by atoms with E-state index in [0.29, 0.717) is 51.9 Å². The van der Waals surface area contributed by atoms with Crippen LogP contribution in [0.4, 0.5) is 11.5 Å². The van der Waals surface area contributed by atoms with E-state index in [4.69, 9.17) is 23.1 Å². The first kappa shape index (κ1) is 27.1. The van der Waals surface area contributed by atoms with Crippen LogP contribution in [0.5, 0.6) is 0 Å². The molecular weight excluding hydrogens is 502 g/mol. The Balaban J connectivity index is 1.66. The number of carbonyl (C=O) groups is 2. The molecule has 0 saturated carbocycles. The quantitative estimate of drug-likeness (QED) is 0.249. The number of hydrogen-bond acceptors (Lipinski definition) is 6. The zero-order valence-electron chi connectivity index (χ0n) is 21.2. The monoisotopic (exact) mass is 531 g/mol. The molecule has 0 bridgehead atoms. The summed E-state index contributed by atoms with van der Waals surface area (Å²) in [6.07, 6.45) is 0.177. The van der Waals surface area contributed by atoms with Gasteiger partial charge in [-0.15, -0.1) is 0 Å². The number of nitrogens with zero attached hydrogens (tertiary/aromatic N) is 2. The maximum Gasteiger partial charge on any atom is 0.255 e. The largest absolute Gasteiger partial charge is 0.383 e. The average molecular weight is 532 g/mol. The zero-order chi connectivity index (χ0) is 27.4. The Kier molecular flexibility index (Phi) is 8.26. The Morgan fingerprint density at radius 3 is 2.47 bits per heavy atom. The number of aliphatic hydroxyl groups excluding tert-OH is 1. The molecule has 0 aliphatic carbocycles. The first-order valence-corrected chi connectivity index (χ1v) is 12.7. The Morgan fingerprint density at radius 2 is 1.79 bits per heavy atom. The molecule has 4 aromatic rings. The number of carbonyl (C=O) groups excluding carboxylic acids is 2. The number of nitrogens with one attached hydrogen (secondary N) is 1. The molecule has 1 heterocycles. The molecule has 2 amide bonds. The second kappa shape index (κ2) is 11.6. The van der Waals surface area contributed by atoms with Gasteiger partial charge in [0.15, 0.2) is 6.10 Å². The smallest absolute Gasteiger partial charge is 0.255 e. The summed E-state index contributed by atoms with van der Waals surface area (Å²) in [5.74, 6) is -0.706. The van der Waals surface area contributed by atoms with Crippen molar-refractivity contribution in [2.24, 2.45) is 5.73 Å². The van der Waals surface area contributed by atoms with E-state index in [1.54, 1.807) is 60.8 Å². The lowest BCUT2D eigenvalue weighted by molar-refractivity contribution is -0.127. The molecule has 6 N–H and O–H groups in total. The van der Waals surface area contributed by atoms with E-state index in [1.807, 2.05) is 30.9 Å². The van der Waals surface area contributed by atoms with E-state index in [-0.39, 0.29) is 0 Å². The highest BCUT2D eigenvalue weighted by Gasteiger charge is 2.33. The summed E-state index contributed by atoms with van der Waals surface area (Å²) in [5, 5.41) is 16.1.